The monoisotopic (exact) mass is 427 g/mol. The number of rotatable bonds is 5. The second-order valence-electron chi connectivity index (χ2n) is 8.82. The first-order chi connectivity index (χ1) is 15.0. The molecule has 2 fully saturated rings. The molecular formula is C23H33N5O3. The van der Waals surface area contributed by atoms with Gasteiger partial charge in [-0.05, 0) is 68.8 Å². The molecule has 2 aliphatic heterocycles. The number of likely N-dealkylation sites (tertiary alicyclic amines) is 2. The van der Waals surface area contributed by atoms with Gasteiger partial charge in [-0.15, -0.1) is 0 Å². The van der Waals surface area contributed by atoms with E-state index >= 15 is 0 Å². The van der Waals surface area contributed by atoms with Crippen LogP contribution in [-0.2, 0) is 17.6 Å². The van der Waals surface area contributed by atoms with E-state index in [0.717, 1.165) is 41.6 Å². The van der Waals surface area contributed by atoms with Crippen LogP contribution in [0.3, 0.4) is 0 Å². The van der Waals surface area contributed by atoms with E-state index in [1.165, 1.54) is 32.4 Å². The summed E-state index contributed by atoms with van der Waals surface area (Å²) in [4.78, 5) is 44.0. The number of nitrogens with two attached hydrogens (primary N) is 1. The predicted octanol–water partition coefficient (Wildman–Crippen LogP) is 2.23. The summed E-state index contributed by atoms with van der Waals surface area (Å²) >= 11 is 0. The molecule has 0 spiro atoms. The maximum Gasteiger partial charge on any atom is 0.334 e. The minimum absolute atomic E-state index is 0.177. The lowest BCUT2D eigenvalue weighted by Crippen LogP contribution is -2.48. The summed E-state index contributed by atoms with van der Waals surface area (Å²) in [6, 6.07) is 3.63. The van der Waals surface area contributed by atoms with Gasteiger partial charge in [-0.25, -0.2) is 14.2 Å². The summed E-state index contributed by atoms with van der Waals surface area (Å²) in [5, 5.41) is 0. The predicted molar refractivity (Wildman–Crippen MR) is 120 cm³/mol. The molecule has 0 unspecified atom stereocenters. The van der Waals surface area contributed by atoms with Gasteiger partial charge in [-0.2, -0.15) is 0 Å². The van der Waals surface area contributed by atoms with Crippen LogP contribution in [0.1, 0.15) is 56.6 Å². The molecule has 2 amide bonds. The number of hydrogen-bond acceptors (Lipinski definition) is 4. The third-order valence-corrected chi connectivity index (χ3v) is 6.89. The van der Waals surface area contributed by atoms with Crippen molar-refractivity contribution in [1.82, 2.24) is 19.4 Å². The Kier molecular flexibility index (Phi) is 6.46. The molecule has 31 heavy (non-hydrogen) atoms. The first-order valence-electron chi connectivity index (χ1n) is 11.6. The number of primary amides is 1. The molecule has 0 radical (unpaired) electrons. The highest BCUT2D eigenvalue weighted by atomic mass is 16.2. The fraction of sp³-hybridized carbons (Fsp3) is 0.609. The summed E-state index contributed by atoms with van der Waals surface area (Å²) < 4.78 is 0.963. The van der Waals surface area contributed by atoms with Crippen LogP contribution in [0.25, 0.3) is 11.0 Å². The lowest BCUT2D eigenvalue weighted by molar-refractivity contribution is -0.132. The number of nitrogens with zero attached hydrogens (tertiary/aromatic N) is 3. The van der Waals surface area contributed by atoms with Gasteiger partial charge in [0.15, 0.2) is 0 Å². The summed E-state index contributed by atoms with van der Waals surface area (Å²) in [5.74, 6) is 0.177. The number of amides is 2. The van der Waals surface area contributed by atoms with Crippen LogP contribution in [-0.4, -0.2) is 63.5 Å². The van der Waals surface area contributed by atoms with Crippen molar-refractivity contribution < 1.29 is 9.59 Å². The Morgan fingerprint density at radius 3 is 2.45 bits per heavy atom. The Labute approximate surface area is 182 Å². The number of carbonyl (C=O) groups excluding carboxylic acids is 2. The van der Waals surface area contributed by atoms with Crippen LogP contribution < -0.4 is 11.4 Å². The molecule has 0 atom stereocenters. The zero-order chi connectivity index (χ0) is 22.0. The van der Waals surface area contributed by atoms with Gasteiger partial charge in [-0.1, -0.05) is 19.4 Å². The van der Waals surface area contributed by atoms with Crippen molar-refractivity contribution in [1.29, 1.82) is 0 Å². The van der Waals surface area contributed by atoms with E-state index in [1.54, 1.807) is 6.07 Å². The van der Waals surface area contributed by atoms with Crippen LogP contribution in [0.5, 0.6) is 0 Å². The van der Waals surface area contributed by atoms with E-state index in [9.17, 15) is 14.4 Å². The fourth-order valence-electron chi connectivity index (χ4n) is 5.16. The molecule has 1 aromatic carbocycles. The average molecular weight is 428 g/mol. The number of H-pyrrole nitrogens is 1. The van der Waals surface area contributed by atoms with Crippen molar-refractivity contribution in [3.05, 3.63) is 33.7 Å². The molecule has 4 rings (SSSR count). The van der Waals surface area contributed by atoms with Gasteiger partial charge in [0.05, 0.1) is 11.0 Å². The van der Waals surface area contributed by atoms with Crippen molar-refractivity contribution >= 4 is 23.0 Å². The molecule has 2 aromatic rings. The number of hydrogen-bond donors (Lipinski definition) is 2. The van der Waals surface area contributed by atoms with E-state index < -0.39 is 11.7 Å². The first-order valence-corrected chi connectivity index (χ1v) is 11.6. The highest BCUT2D eigenvalue weighted by molar-refractivity contribution is 5.90. The van der Waals surface area contributed by atoms with Crippen molar-refractivity contribution in [2.75, 3.05) is 26.2 Å². The highest BCUT2D eigenvalue weighted by Crippen LogP contribution is 2.23. The Balaban J connectivity index is 1.40. The summed E-state index contributed by atoms with van der Waals surface area (Å²) in [6.07, 6.45) is 7.78. The maximum absolute atomic E-state index is 12.8. The smallest absolute Gasteiger partial charge is 0.334 e. The molecule has 0 bridgehead atoms. The van der Waals surface area contributed by atoms with E-state index in [-0.39, 0.29) is 5.91 Å². The minimum Gasteiger partial charge on any atom is -0.351 e. The lowest BCUT2D eigenvalue weighted by Gasteiger charge is -2.40. The maximum atomic E-state index is 12.8. The van der Waals surface area contributed by atoms with Gasteiger partial charge in [0.2, 0.25) is 5.91 Å². The fourth-order valence-corrected chi connectivity index (χ4v) is 5.16. The number of aryl methyl sites for hydroxylation is 2. The van der Waals surface area contributed by atoms with Gasteiger partial charge in [-0.3, -0.25) is 4.79 Å². The third kappa shape index (κ3) is 4.54. The molecule has 2 aliphatic rings. The van der Waals surface area contributed by atoms with E-state index in [0.29, 0.717) is 36.3 Å². The quantitative estimate of drug-likeness (QED) is 0.763. The molecule has 0 saturated carbocycles. The minimum atomic E-state index is -0.803. The number of piperidine rings is 2. The van der Waals surface area contributed by atoms with Gasteiger partial charge in [0.25, 0.3) is 0 Å². The Morgan fingerprint density at radius 2 is 1.81 bits per heavy atom. The summed E-state index contributed by atoms with van der Waals surface area (Å²) in [7, 11) is 0. The Morgan fingerprint density at radius 1 is 1.10 bits per heavy atom. The number of imidazole rings is 1. The number of benzene rings is 1. The van der Waals surface area contributed by atoms with Gasteiger partial charge < -0.3 is 20.5 Å². The largest absolute Gasteiger partial charge is 0.351 e. The Hall–Kier alpha value is -2.61. The summed E-state index contributed by atoms with van der Waals surface area (Å²) in [5.41, 5.74) is 7.88. The van der Waals surface area contributed by atoms with Crippen molar-refractivity contribution in [3.8, 4) is 0 Å². The van der Waals surface area contributed by atoms with Crippen LogP contribution in [0.2, 0.25) is 0 Å². The zero-order valence-corrected chi connectivity index (χ0v) is 18.4. The number of aromatic nitrogens is 2. The molecular weight excluding hydrogens is 394 g/mol. The Bertz CT molecular complexity index is 1010. The molecule has 3 heterocycles. The highest BCUT2D eigenvalue weighted by Gasteiger charge is 2.27. The van der Waals surface area contributed by atoms with Crippen LogP contribution in [0.4, 0.5) is 4.79 Å². The zero-order valence-electron chi connectivity index (χ0n) is 18.4. The van der Waals surface area contributed by atoms with E-state index in [2.05, 4.69) is 9.88 Å². The summed E-state index contributed by atoms with van der Waals surface area (Å²) in [6.45, 7) is 6.07. The second-order valence-corrected chi connectivity index (χ2v) is 8.82. The second kappa shape index (κ2) is 9.26. The van der Waals surface area contributed by atoms with Gasteiger partial charge in [0, 0.05) is 25.6 Å². The molecule has 168 valence electrons. The number of nitrogens with one attached hydrogen (secondary N) is 1. The molecule has 0 aliphatic carbocycles. The molecule has 8 nitrogen and oxygen atoms in total. The standard InChI is InChI=1S/C23H33N5O3/c1-2-17-14-16(15-19-21(17)25-23(31)28(19)22(24)30)6-7-20(29)27-12-8-18(9-13-27)26-10-4-3-5-11-26/h14-15,18H,2-13H2,1H3,(H2,24,30)(H,25,31). The first kappa shape index (κ1) is 21.6. The van der Waals surface area contributed by atoms with Crippen molar-refractivity contribution in [3.63, 3.8) is 0 Å². The van der Waals surface area contributed by atoms with Gasteiger partial charge >= 0.3 is 11.7 Å². The topological polar surface area (TPSA) is 104 Å². The number of carbonyl (C=O) groups is 2. The van der Waals surface area contributed by atoms with Crippen LogP contribution >= 0.6 is 0 Å². The van der Waals surface area contributed by atoms with E-state index in [4.69, 9.17) is 5.73 Å². The molecule has 1 aromatic heterocycles. The molecule has 8 heteroatoms. The number of aromatic amines is 1. The van der Waals surface area contributed by atoms with Gasteiger partial charge in [0.1, 0.15) is 0 Å². The van der Waals surface area contributed by atoms with E-state index in [1.807, 2.05) is 17.9 Å². The third-order valence-electron chi connectivity index (χ3n) is 6.89. The normalized spacial score (nSPS) is 18.5. The van der Waals surface area contributed by atoms with Crippen molar-refractivity contribution in [2.24, 2.45) is 5.73 Å². The number of fused-ring (bicyclic) bond motifs is 1. The average Bonchev–Trinajstić information content (AvgIpc) is 3.13. The lowest BCUT2D eigenvalue weighted by atomic mass is 9.99. The van der Waals surface area contributed by atoms with Crippen LogP contribution in [0.15, 0.2) is 16.9 Å². The van der Waals surface area contributed by atoms with Crippen molar-refractivity contribution in [2.45, 2.75) is 64.3 Å². The van der Waals surface area contributed by atoms with Crippen LogP contribution in [0, 0.1) is 0 Å². The molecule has 2 saturated heterocycles. The SMILES string of the molecule is CCc1cc(CCC(=O)N2CCC(N3CCCCC3)CC2)cc2c1[nH]c(=O)n2C(N)=O. The molecule has 3 N–H and O–H groups in total.